The van der Waals surface area contributed by atoms with Gasteiger partial charge in [0, 0.05) is 43.5 Å². The summed E-state index contributed by atoms with van der Waals surface area (Å²) < 4.78 is 0. The Bertz CT molecular complexity index is 725. The molecule has 132 valence electrons. The van der Waals surface area contributed by atoms with Crippen LogP contribution in [0.4, 0.5) is 5.82 Å². The predicted octanol–water partition coefficient (Wildman–Crippen LogP) is 2.47. The van der Waals surface area contributed by atoms with Crippen molar-refractivity contribution in [2.75, 3.05) is 37.6 Å². The molecule has 0 unspecified atom stereocenters. The zero-order chi connectivity index (χ0) is 17.8. The Kier molecular flexibility index (Phi) is 5.28. The highest BCUT2D eigenvalue weighted by molar-refractivity contribution is 5.69. The molecule has 1 aromatic carbocycles. The van der Waals surface area contributed by atoms with Crippen molar-refractivity contribution in [3.05, 3.63) is 42.1 Å². The van der Waals surface area contributed by atoms with Gasteiger partial charge in [-0.3, -0.25) is 9.69 Å². The van der Waals surface area contributed by atoms with E-state index in [0.29, 0.717) is 5.92 Å². The van der Waals surface area contributed by atoms with Crippen molar-refractivity contribution in [1.29, 1.82) is 0 Å². The molecule has 1 aromatic heterocycles. The number of benzene rings is 1. The van der Waals surface area contributed by atoms with E-state index in [9.17, 15) is 4.79 Å². The normalized spacial score (nSPS) is 15.6. The summed E-state index contributed by atoms with van der Waals surface area (Å²) in [4.78, 5) is 24.5. The Balaban J connectivity index is 1.84. The van der Waals surface area contributed by atoms with Crippen LogP contribution in [0.5, 0.6) is 0 Å². The van der Waals surface area contributed by atoms with Crippen molar-refractivity contribution in [3.8, 4) is 11.4 Å². The molecule has 2 aromatic rings. The van der Waals surface area contributed by atoms with Crippen LogP contribution in [-0.4, -0.2) is 58.7 Å². The second-order valence-electron chi connectivity index (χ2n) is 6.65. The number of piperazine rings is 1. The van der Waals surface area contributed by atoms with Crippen LogP contribution in [0.1, 0.15) is 25.5 Å². The molecule has 1 N–H and O–H groups in total. The number of aliphatic carboxylic acids is 1. The van der Waals surface area contributed by atoms with E-state index in [1.54, 1.807) is 0 Å². The first-order chi connectivity index (χ1) is 12.0. The van der Waals surface area contributed by atoms with Gasteiger partial charge in [0.25, 0.3) is 0 Å². The number of anilines is 1. The van der Waals surface area contributed by atoms with Crippen LogP contribution >= 0.6 is 0 Å². The van der Waals surface area contributed by atoms with Crippen molar-refractivity contribution >= 4 is 11.8 Å². The van der Waals surface area contributed by atoms with Crippen LogP contribution in [-0.2, 0) is 4.79 Å². The van der Waals surface area contributed by atoms with Crippen LogP contribution in [0.25, 0.3) is 11.4 Å². The number of hydrogen-bond acceptors (Lipinski definition) is 5. The summed E-state index contributed by atoms with van der Waals surface area (Å²) in [6.07, 6.45) is 0. The van der Waals surface area contributed by atoms with Gasteiger partial charge in [0.1, 0.15) is 5.82 Å². The molecule has 0 amide bonds. The zero-order valence-corrected chi connectivity index (χ0v) is 14.7. The number of nitrogens with zero attached hydrogens (tertiary/aromatic N) is 4. The highest BCUT2D eigenvalue weighted by atomic mass is 16.4. The maximum atomic E-state index is 10.9. The number of aromatic nitrogens is 2. The third-order valence-corrected chi connectivity index (χ3v) is 4.41. The molecular weight excluding hydrogens is 316 g/mol. The van der Waals surface area contributed by atoms with Gasteiger partial charge in [-0.25, -0.2) is 9.97 Å². The summed E-state index contributed by atoms with van der Waals surface area (Å²) in [6, 6.07) is 12.1. The van der Waals surface area contributed by atoms with Gasteiger partial charge in [-0.1, -0.05) is 44.2 Å². The van der Waals surface area contributed by atoms with Crippen LogP contribution < -0.4 is 4.90 Å². The number of rotatable bonds is 5. The molecule has 6 nitrogen and oxygen atoms in total. The van der Waals surface area contributed by atoms with E-state index in [1.165, 1.54) is 0 Å². The second kappa shape index (κ2) is 7.61. The summed E-state index contributed by atoms with van der Waals surface area (Å²) in [6.45, 7) is 7.37. The highest BCUT2D eigenvalue weighted by Gasteiger charge is 2.21. The lowest BCUT2D eigenvalue weighted by Crippen LogP contribution is -2.48. The van der Waals surface area contributed by atoms with E-state index in [1.807, 2.05) is 35.2 Å². The third-order valence-electron chi connectivity index (χ3n) is 4.41. The quantitative estimate of drug-likeness (QED) is 0.902. The van der Waals surface area contributed by atoms with Gasteiger partial charge >= 0.3 is 5.97 Å². The van der Waals surface area contributed by atoms with Gasteiger partial charge in [0.05, 0.1) is 6.54 Å². The number of carboxylic acid groups (broad SMARTS) is 1. The molecule has 6 heteroatoms. The van der Waals surface area contributed by atoms with Gasteiger partial charge < -0.3 is 10.0 Å². The van der Waals surface area contributed by atoms with Crippen molar-refractivity contribution in [2.24, 2.45) is 0 Å². The highest BCUT2D eigenvalue weighted by Crippen LogP contribution is 2.24. The maximum absolute atomic E-state index is 10.9. The Labute approximate surface area is 148 Å². The average Bonchev–Trinajstić information content (AvgIpc) is 2.62. The summed E-state index contributed by atoms with van der Waals surface area (Å²) in [5.41, 5.74) is 2.03. The van der Waals surface area contributed by atoms with Gasteiger partial charge in [0.2, 0.25) is 0 Å². The molecular formula is C19H24N4O2. The van der Waals surface area contributed by atoms with Crippen LogP contribution in [0.15, 0.2) is 36.4 Å². The molecule has 1 fully saturated rings. The molecule has 3 rings (SSSR count). The van der Waals surface area contributed by atoms with Gasteiger partial charge in [-0.2, -0.15) is 0 Å². The first-order valence-electron chi connectivity index (χ1n) is 8.66. The van der Waals surface area contributed by atoms with E-state index < -0.39 is 5.97 Å². The number of hydrogen-bond donors (Lipinski definition) is 1. The van der Waals surface area contributed by atoms with Crippen LogP contribution in [0, 0.1) is 0 Å². The molecule has 0 aliphatic carbocycles. The first kappa shape index (κ1) is 17.4. The minimum absolute atomic E-state index is 0.101. The zero-order valence-electron chi connectivity index (χ0n) is 14.7. The summed E-state index contributed by atoms with van der Waals surface area (Å²) in [5.74, 6) is 1.21. The SMILES string of the molecule is CC(C)c1cc(N2CCN(CC(=O)O)CC2)nc(-c2ccccc2)n1. The molecule has 1 saturated heterocycles. The molecule has 0 atom stereocenters. The minimum Gasteiger partial charge on any atom is -0.480 e. The smallest absolute Gasteiger partial charge is 0.317 e. The maximum Gasteiger partial charge on any atom is 0.317 e. The van der Waals surface area contributed by atoms with Crippen LogP contribution in [0.2, 0.25) is 0 Å². The Morgan fingerprint density at radius 1 is 1.12 bits per heavy atom. The van der Waals surface area contributed by atoms with E-state index >= 15 is 0 Å². The minimum atomic E-state index is -0.774. The van der Waals surface area contributed by atoms with E-state index in [2.05, 4.69) is 24.8 Å². The van der Waals surface area contributed by atoms with Gasteiger partial charge in [-0.15, -0.1) is 0 Å². The topological polar surface area (TPSA) is 69.6 Å². The van der Waals surface area contributed by atoms with Crippen molar-refractivity contribution in [1.82, 2.24) is 14.9 Å². The average molecular weight is 340 g/mol. The number of carbonyl (C=O) groups is 1. The molecule has 1 aliphatic heterocycles. The Morgan fingerprint density at radius 3 is 2.40 bits per heavy atom. The van der Waals surface area contributed by atoms with E-state index in [4.69, 9.17) is 15.1 Å². The molecule has 0 radical (unpaired) electrons. The lowest BCUT2D eigenvalue weighted by Gasteiger charge is -2.34. The van der Waals surface area contributed by atoms with E-state index in [-0.39, 0.29) is 6.54 Å². The van der Waals surface area contributed by atoms with Gasteiger partial charge in [0.15, 0.2) is 5.82 Å². The predicted molar refractivity (Wildman–Crippen MR) is 97.8 cm³/mol. The fraction of sp³-hybridized carbons (Fsp3) is 0.421. The molecule has 2 heterocycles. The Hall–Kier alpha value is -2.47. The van der Waals surface area contributed by atoms with Crippen molar-refractivity contribution in [2.45, 2.75) is 19.8 Å². The monoisotopic (exact) mass is 340 g/mol. The molecule has 0 bridgehead atoms. The third kappa shape index (κ3) is 4.33. The largest absolute Gasteiger partial charge is 0.480 e. The lowest BCUT2D eigenvalue weighted by atomic mass is 10.1. The number of carboxylic acids is 1. The Morgan fingerprint density at radius 2 is 1.80 bits per heavy atom. The van der Waals surface area contributed by atoms with Crippen LogP contribution in [0.3, 0.4) is 0 Å². The second-order valence-corrected chi connectivity index (χ2v) is 6.65. The fourth-order valence-corrected chi connectivity index (χ4v) is 2.95. The first-order valence-corrected chi connectivity index (χ1v) is 8.66. The lowest BCUT2D eigenvalue weighted by molar-refractivity contribution is -0.138. The molecule has 0 spiro atoms. The molecule has 1 aliphatic rings. The van der Waals surface area contributed by atoms with Crippen molar-refractivity contribution in [3.63, 3.8) is 0 Å². The van der Waals surface area contributed by atoms with Gasteiger partial charge in [-0.05, 0) is 5.92 Å². The summed E-state index contributed by atoms with van der Waals surface area (Å²) in [5, 5.41) is 8.93. The van der Waals surface area contributed by atoms with E-state index in [0.717, 1.165) is 49.1 Å². The molecule has 25 heavy (non-hydrogen) atoms. The summed E-state index contributed by atoms with van der Waals surface area (Å²) in [7, 11) is 0. The summed E-state index contributed by atoms with van der Waals surface area (Å²) >= 11 is 0. The fourth-order valence-electron chi connectivity index (χ4n) is 2.95. The van der Waals surface area contributed by atoms with Crippen molar-refractivity contribution < 1.29 is 9.90 Å². The molecule has 0 saturated carbocycles. The standard InChI is InChI=1S/C19H24N4O2/c1-14(2)16-12-17(21-19(20-16)15-6-4-3-5-7-15)23-10-8-22(9-11-23)13-18(24)25/h3-7,12,14H,8-11,13H2,1-2H3,(H,24,25).